The Morgan fingerprint density at radius 1 is 0.553 bits per heavy atom. The molecule has 1 aromatic heterocycles. The van der Waals surface area contributed by atoms with Crippen molar-refractivity contribution in [3.8, 4) is 0 Å². The van der Waals surface area contributed by atoms with Crippen LogP contribution in [-0.2, 0) is 44.2 Å². The number of hydrogen-bond donors (Lipinski definition) is 0. The number of aromatic nitrogens is 1. The zero-order chi connectivity index (χ0) is 25.7. The minimum atomic E-state index is 0. The summed E-state index contributed by atoms with van der Waals surface area (Å²) < 4.78 is 0. The first-order valence-corrected chi connectivity index (χ1v) is 13.0. The maximum absolute atomic E-state index is 5.12. The summed E-state index contributed by atoms with van der Waals surface area (Å²) in [5.74, 6) is 0. The number of benzene rings is 2. The predicted molar refractivity (Wildman–Crippen MR) is 153 cm³/mol. The third-order valence-electron chi connectivity index (χ3n) is 6.62. The van der Waals surface area contributed by atoms with Crippen LogP contribution in [0.3, 0.4) is 0 Å². The molecule has 0 aliphatic carbocycles. The molecule has 0 aliphatic heterocycles. The topological polar surface area (TPSA) is 37.6 Å². The summed E-state index contributed by atoms with van der Waals surface area (Å²) in [4.78, 5) is 15.3. The van der Waals surface area contributed by atoms with Crippen LogP contribution in [0.2, 0.25) is 0 Å². The molecule has 3 nitrogen and oxygen atoms in total. The number of aliphatic imine (C=N–C) groups is 2. The minimum absolute atomic E-state index is 0. The molecule has 0 fully saturated rings. The van der Waals surface area contributed by atoms with Crippen molar-refractivity contribution in [1.29, 1.82) is 0 Å². The molecule has 6 heteroatoms. The molecule has 0 N–H and O–H groups in total. The number of rotatable bonds is 8. The Kier molecular flexibility index (Phi) is 15.4. The van der Waals surface area contributed by atoms with Crippen molar-refractivity contribution in [3.05, 3.63) is 86.7 Å². The Hall–Kier alpha value is -1.91. The molecule has 0 spiro atoms. The van der Waals surface area contributed by atoms with Crippen molar-refractivity contribution >= 4 is 22.8 Å². The van der Waals surface area contributed by atoms with E-state index in [0.29, 0.717) is 0 Å². The van der Waals surface area contributed by atoms with E-state index >= 15 is 0 Å². The van der Waals surface area contributed by atoms with Crippen LogP contribution in [0.15, 0.2) is 46.4 Å². The minimum Gasteiger partial charge on any atom is -1.00 e. The molecule has 0 saturated carbocycles. The third kappa shape index (κ3) is 8.55. The summed E-state index contributed by atoms with van der Waals surface area (Å²) in [5.41, 5.74) is 14.9. The Balaban J connectivity index is 0.00000456. The normalized spacial score (nSPS) is 11.4. The maximum atomic E-state index is 5.12. The van der Waals surface area contributed by atoms with Crippen molar-refractivity contribution in [2.24, 2.45) is 9.98 Å². The van der Waals surface area contributed by atoms with Gasteiger partial charge in [-0.15, -0.1) is 0 Å². The van der Waals surface area contributed by atoms with Gasteiger partial charge < -0.3 is 24.8 Å². The van der Waals surface area contributed by atoms with Crippen LogP contribution in [0, 0.1) is 20.8 Å². The van der Waals surface area contributed by atoms with Gasteiger partial charge in [-0.2, -0.15) is 0 Å². The van der Waals surface area contributed by atoms with E-state index < -0.39 is 0 Å². The summed E-state index contributed by atoms with van der Waals surface area (Å²) in [5, 5.41) is 0. The van der Waals surface area contributed by atoms with Gasteiger partial charge in [0.25, 0.3) is 0 Å². The molecule has 1 radical (unpaired) electrons. The molecule has 0 atom stereocenters. The van der Waals surface area contributed by atoms with E-state index in [1.807, 2.05) is 0 Å². The van der Waals surface area contributed by atoms with Gasteiger partial charge in [-0.3, -0.25) is 9.98 Å². The first kappa shape index (κ1) is 36.1. The average molecular weight is 590 g/mol. The summed E-state index contributed by atoms with van der Waals surface area (Å²) in [6.45, 7) is 19.4. The van der Waals surface area contributed by atoms with Gasteiger partial charge in [-0.1, -0.05) is 63.1 Å². The van der Waals surface area contributed by atoms with Crippen molar-refractivity contribution in [2.45, 2.75) is 88.0 Å². The molecule has 2 aromatic carbocycles. The van der Waals surface area contributed by atoms with Gasteiger partial charge in [0, 0.05) is 0 Å². The third-order valence-corrected chi connectivity index (χ3v) is 6.62. The smallest absolute Gasteiger partial charge is 1.00 e. The SMILES string of the molecule is CCc1cc(C)cc(CC)c1N=C(C)c1cc(C)cc(C(C)=Nc2c(CC)cc(C)cc2CC)n1.[Cl-].[Cl-].[V+2]. The fourth-order valence-corrected chi connectivity index (χ4v) is 4.72. The zero-order valence-electron chi connectivity index (χ0n) is 24.3. The molecule has 0 bridgehead atoms. The van der Waals surface area contributed by atoms with E-state index in [2.05, 4.69) is 98.7 Å². The van der Waals surface area contributed by atoms with Crippen LogP contribution < -0.4 is 24.8 Å². The Morgan fingerprint density at radius 3 is 1.08 bits per heavy atom. The van der Waals surface area contributed by atoms with Crippen molar-refractivity contribution < 1.29 is 43.4 Å². The van der Waals surface area contributed by atoms with Crippen LogP contribution in [0.1, 0.15) is 91.9 Å². The van der Waals surface area contributed by atoms with Crippen molar-refractivity contribution in [2.75, 3.05) is 0 Å². The first-order chi connectivity index (χ1) is 16.7. The van der Waals surface area contributed by atoms with Crippen LogP contribution in [0.5, 0.6) is 0 Å². The van der Waals surface area contributed by atoms with E-state index in [1.165, 1.54) is 38.9 Å². The fourth-order valence-electron chi connectivity index (χ4n) is 4.72. The number of aryl methyl sites for hydroxylation is 7. The molecule has 0 saturated heterocycles. The summed E-state index contributed by atoms with van der Waals surface area (Å²) in [6.07, 6.45) is 3.87. The van der Waals surface area contributed by atoms with Crippen molar-refractivity contribution in [1.82, 2.24) is 4.98 Å². The summed E-state index contributed by atoms with van der Waals surface area (Å²) in [6, 6.07) is 13.3. The second-order valence-corrected chi connectivity index (χ2v) is 9.59. The second kappa shape index (κ2) is 16.3. The Bertz CT molecular complexity index is 1150. The predicted octanol–water partition coefficient (Wildman–Crippen LogP) is 2.54. The van der Waals surface area contributed by atoms with E-state index in [9.17, 15) is 0 Å². The van der Waals surface area contributed by atoms with Gasteiger partial charge in [0.2, 0.25) is 0 Å². The van der Waals surface area contributed by atoms with Crippen LogP contribution in [-0.4, -0.2) is 16.4 Å². The summed E-state index contributed by atoms with van der Waals surface area (Å²) in [7, 11) is 0. The molecule has 203 valence electrons. The largest absolute Gasteiger partial charge is 2.00 e. The monoisotopic (exact) mass is 588 g/mol. The van der Waals surface area contributed by atoms with Gasteiger partial charge in [0.1, 0.15) is 0 Å². The molecule has 3 rings (SSSR count). The van der Waals surface area contributed by atoms with Gasteiger partial charge in [0.15, 0.2) is 0 Å². The van der Waals surface area contributed by atoms with Gasteiger partial charge in [0.05, 0.1) is 34.2 Å². The van der Waals surface area contributed by atoms with Crippen LogP contribution in [0.4, 0.5) is 11.4 Å². The molecule has 38 heavy (non-hydrogen) atoms. The van der Waals surface area contributed by atoms with E-state index in [-0.39, 0.29) is 43.4 Å². The number of pyridine rings is 1. The molecular formula is C32H41Cl2N3V. The first-order valence-electron chi connectivity index (χ1n) is 13.0. The maximum Gasteiger partial charge on any atom is 2.00 e. The quantitative estimate of drug-likeness (QED) is 0.373. The average Bonchev–Trinajstić information content (AvgIpc) is 2.84. The number of hydrogen-bond acceptors (Lipinski definition) is 3. The van der Waals surface area contributed by atoms with E-state index in [0.717, 1.165) is 59.9 Å². The Labute approximate surface area is 254 Å². The van der Waals surface area contributed by atoms with Crippen LogP contribution >= 0.6 is 0 Å². The van der Waals surface area contributed by atoms with Gasteiger partial charge in [-0.25, -0.2) is 4.98 Å². The second-order valence-electron chi connectivity index (χ2n) is 9.59. The standard InChI is InChI=1S/C32H41N3.2ClH.V/c1-10-25-14-20(5)15-26(11-2)31(25)33-23(8)29-18-22(7)19-30(35-29)24(9)34-32-27(12-3)16-21(6)17-28(32)13-4;;;/h14-19H,10-13H2,1-9H3;2*1H;/q;;;+2/p-2. The number of nitrogens with zero attached hydrogens (tertiary/aromatic N) is 3. The Morgan fingerprint density at radius 2 is 0.816 bits per heavy atom. The molecule has 0 amide bonds. The molecule has 3 aromatic rings. The summed E-state index contributed by atoms with van der Waals surface area (Å²) >= 11 is 0. The fraction of sp³-hybridized carbons (Fsp3) is 0.406. The number of halogens is 2. The molecule has 0 unspecified atom stereocenters. The zero-order valence-corrected chi connectivity index (χ0v) is 27.2. The van der Waals surface area contributed by atoms with Gasteiger partial charge in [-0.05, 0) is 100 Å². The molecule has 0 aliphatic rings. The van der Waals surface area contributed by atoms with Gasteiger partial charge >= 0.3 is 18.6 Å². The van der Waals surface area contributed by atoms with E-state index in [1.54, 1.807) is 0 Å². The van der Waals surface area contributed by atoms with E-state index in [4.69, 9.17) is 15.0 Å². The molecular weight excluding hydrogens is 548 g/mol. The molecule has 1 heterocycles. The van der Waals surface area contributed by atoms with Crippen molar-refractivity contribution in [3.63, 3.8) is 0 Å². The van der Waals surface area contributed by atoms with Crippen LogP contribution in [0.25, 0.3) is 0 Å².